The average Bonchev–Trinajstić information content (AvgIpc) is 2.92. The maximum Gasteiger partial charge on any atom is 0.264 e. The van der Waals surface area contributed by atoms with Gasteiger partial charge in [-0.2, -0.15) is 0 Å². The van der Waals surface area contributed by atoms with E-state index in [-0.39, 0.29) is 28.8 Å². The highest BCUT2D eigenvalue weighted by atomic mass is 35.5. The lowest BCUT2D eigenvalue weighted by Gasteiger charge is -2.35. The van der Waals surface area contributed by atoms with Crippen molar-refractivity contribution in [2.24, 2.45) is 0 Å². The first-order valence-corrected chi connectivity index (χ1v) is 14.8. The summed E-state index contributed by atoms with van der Waals surface area (Å²) in [7, 11) is -2.77. The van der Waals surface area contributed by atoms with E-state index in [9.17, 15) is 18.0 Å². The van der Waals surface area contributed by atoms with Crippen LogP contribution < -0.4 is 14.4 Å². The van der Waals surface area contributed by atoms with Crippen molar-refractivity contribution < 1.29 is 22.7 Å². The predicted octanol–water partition coefficient (Wildman–Crippen LogP) is 5.27. The van der Waals surface area contributed by atoms with Crippen LogP contribution in [0, 0.1) is 0 Å². The maximum atomic E-state index is 14.1. The number of amides is 2. The number of para-hydroxylation sites is 2. The number of sulfonamides is 1. The molecule has 1 atom stereocenters. The molecule has 40 heavy (non-hydrogen) atoms. The van der Waals surface area contributed by atoms with Crippen molar-refractivity contribution >= 4 is 39.1 Å². The second kappa shape index (κ2) is 13.2. The first-order chi connectivity index (χ1) is 18.9. The quantitative estimate of drug-likeness (QED) is 0.331. The second-order valence-corrected chi connectivity index (χ2v) is 12.5. The Labute approximate surface area is 241 Å². The van der Waals surface area contributed by atoms with E-state index in [1.807, 2.05) is 20.8 Å². The van der Waals surface area contributed by atoms with Crippen molar-refractivity contribution in [2.45, 2.75) is 57.1 Å². The van der Waals surface area contributed by atoms with Gasteiger partial charge in [0.25, 0.3) is 10.0 Å². The molecule has 214 valence electrons. The Morgan fingerprint density at radius 1 is 0.950 bits per heavy atom. The fraction of sp³-hybridized carbons (Fsp3) is 0.333. The topological polar surface area (TPSA) is 96.0 Å². The van der Waals surface area contributed by atoms with Crippen molar-refractivity contribution in [3.63, 3.8) is 0 Å². The molecule has 0 aliphatic heterocycles. The number of hydrogen-bond donors (Lipinski definition) is 1. The summed E-state index contributed by atoms with van der Waals surface area (Å²) in [6, 6.07) is 20.6. The highest BCUT2D eigenvalue weighted by Crippen LogP contribution is 2.32. The molecule has 0 aliphatic rings. The molecule has 0 aliphatic carbocycles. The highest BCUT2D eigenvalue weighted by Gasteiger charge is 2.35. The SMILES string of the molecule is CCC(C(=O)NC(C)(C)C)N(Cc1ccccc1Cl)C(=O)CN(c1ccccc1OC)S(=O)(=O)c1ccccc1. The third-order valence-corrected chi connectivity index (χ3v) is 8.29. The Balaban J connectivity index is 2.11. The smallest absolute Gasteiger partial charge is 0.264 e. The number of nitrogens with one attached hydrogen (secondary N) is 1. The molecule has 0 spiro atoms. The van der Waals surface area contributed by atoms with Crippen molar-refractivity contribution in [3.05, 3.63) is 89.4 Å². The van der Waals surface area contributed by atoms with Gasteiger partial charge in [0, 0.05) is 17.1 Å². The minimum absolute atomic E-state index is 0.0136. The molecule has 0 fully saturated rings. The predicted molar refractivity (Wildman–Crippen MR) is 158 cm³/mol. The van der Waals surface area contributed by atoms with E-state index in [0.717, 1.165) is 4.31 Å². The van der Waals surface area contributed by atoms with Gasteiger partial charge in [0.15, 0.2) is 0 Å². The fourth-order valence-electron chi connectivity index (χ4n) is 4.25. The summed E-state index contributed by atoms with van der Waals surface area (Å²) in [5.74, 6) is -0.628. The number of halogens is 1. The first-order valence-electron chi connectivity index (χ1n) is 12.9. The van der Waals surface area contributed by atoms with Crippen LogP contribution in [0.15, 0.2) is 83.8 Å². The molecular weight excluding hydrogens is 550 g/mol. The van der Waals surface area contributed by atoms with Crippen LogP contribution in [-0.4, -0.2) is 50.4 Å². The zero-order valence-electron chi connectivity index (χ0n) is 23.4. The van der Waals surface area contributed by atoms with Crippen LogP contribution >= 0.6 is 11.6 Å². The lowest BCUT2D eigenvalue weighted by Crippen LogP contribution is -2.55. The Morgan fingerprint density at radius 2 is 1.55 bits per heavy atom. The van der Waals surface area contributed by atoms with E-state index in [0.29, 0.717) is 17.0 Å². The maximum absolute atomic E-state index is 14.1. The summed E-state index contributed by atoms with van der Waals surface area (Å²) in [6.07, 6.45) is 0.304. The molecule has 10 heteroatoms. The molecular formula is C30H36ClN3O5S. The molecule has 1 N–H and O–H groups in total. The summed E-state index contributed by atoms with van der Waals surface area (Å²) in [4.78, 5) is 29.0. The normalized spacial score (nSPS) is 12.3. The van der Waals surface area contributed by atoms with Gasteiger partial charge in [-0.25, -0.2) is 8.42 Å². The third-order valence-electron chi connectivity index (χ3n) is 6.15. The van der Waals surface area contributed by atoms with Gasteiger partial charge in [0.2, 0.25) is 11.8 Å². The molecule has 3 rings (SSSR count). The van der Waals surface area contributed by atoms with E-state index in [1.165, 1.54) is 24.1 Å². The van der Waals surface area contributed by atoms with Gasteiger partial charge < -0.3 is 15.0 Å². The zero-order chi connectivity index (χ0) is 29.5. The van der Waals surface area contributed by atoms with Gasteiger partial charge in [0.05, 0.1) is 17.7 Å². The number of methoxy groups -OCH3 is 1. The van der Waals surface area contributed by atoms with E-state index < -0.39 is 34.1 Å². The molecule has 3 aromatic rings. The van der Waals surface area contributed by atoms with Crippen molar-refractivity contribution in [2.75, 3.05) is 18.0 Å². The van der Waals surface area contributed by atoms with Crippen LogP contribution in [0.25, 0.3) is 0 Å². The van der Waals surface area contributed by atoms with Crippen molar-refractivity contribution in [1.29, 1.82) is 0 Å². The molecule has 0 bridgehead atoms. The Hall–Kier alpha value is -3.56. The third kappa shape index (κ3) is 7.55. The minimum atomic E-state index is -4.20. The molecule has 0 saturated heterocycles. The Kier molecular flexibility index (Phi) is 10.2. The molecule has 0 heterocycles. The summed E-state index contributed by atoms with van der Waals surface area (Å²) in [6.45, 7) is 6.81. The number of carbonyl (C=O) groups is 2. The molecule has 3 aromatic carbocycles. The molecule has 8 nitrogen and oxygen atoms in total. The van der Waals surface area contributed by atoms with Gasteiger partial charge in [-0.1, -0.05) is 67.1 Å². The number of rotatable bonds is 11. The molecule has 0 saturated carbocycles. The van der Waals surface area contributed by atoms with E-state index in [2.05, 4.69) is 5.32 Å². The number of carbonyl (C=O) groups excluding carboxylic acids is 2. The zero-order valence-corrected chi connectivity index (χ0v) is 25.0. The van der Waals surface area contributed by atoms with E-state index in [1.54, 1.807) is 73.7 Å². The van der Waals surface area contributed by atoms with Crippen LogP contribution in [0.3, 0.4) is 0 Å². The highest BCUT2D eigenvalue weighted by molar-refractivity contribution is 7.92. The standard InChI is InChI=1S/C30H36ClN3O5S/c1-6-25(29(36)32-30(2,3)4)33(20-22-14-10-11-17-24(22)31)28(35)21-34(26-18-12-13-19-27(26)39-5)40(37,38)23-15-8-7-9-16-23/h7-19,25H,6,20-21H2,1-5H3,(H,32,36). The first kappa shape index (κ1) is 31.0. The van der Waals surface area contributed by atoms with E-state index >= 15 is 0 Å². The summed E-state index contributed by atoms with van der Waals surface area (Å²) in [5, 5.41) is 3.38. The minimum Gasteiger partial charge on any atom is -0.495 e. The van der Waals surface area contributed by atoms with Crippen LogP contribution in [0.5, 0.6) is 5.75 Å². The van der Waals surface area contributed by atoms with E-state index in [4.69, 9.17) is 16.3 Å². The molecule has 0 radical (unpaired) electrons. The Morgan fingerprint density at radius 3 is 2.15 bits per heavy atom. The summed E-state index contributed by atoms with van der Waals surface area (Å²) in [5.41, 5.74) is 0.297. The monoisotopic (exact) mass is 585 g/mol. The lowest BCUT2D eigenvalue weighted by atomic mass is 10.1. The van der Waals surface area contributed by atoms with Gasteiger partial charge in [-0.3, -0.25) is 13.9 Å². The number of anilines is 1. The van der Waals surface area contributed by atoms with Crippen molar-refractivity contribution in [3.8, 4) is 5.75 Å². The van der Waals surface area contributed by atoms with Crippen LogP contribution in [-0.2, 0) is 26.2 Å². The average molecular weight is 586 g/mol. The van der Waals surface area contributed by atoms with Crippen LogP contribution in [0.1, 0.15) is 39.7 Å². The summed E-state index contributed by atoms with van der Waals surface area (Å²) < 4.78 is 34.3. The van der Waals surface area contributed by atoms with Gasteiger partial charge in [0.1, 0.15) is 18.3 Å². The van der Waals surface area contributed by atoms with Gasteiger partial charge in [-0.15, -0.1) is 0 Å². The van der Waals surface area contributed by atoms with Crippen LogP contribution in [0.4, 0.5) is 5.69 Å². The summed E-state index contributed by atoms with van der Waals surface area (Å²) >= 11 is 6.44. The second-order valence-electron chi connectivity index (χ2n) is 10.3. The van der Waals surface area contributed by atoms with Crippen LogP contribution in [0.2, 0.25) is 5.02 Å². The van der Waals surface area contributed by atoms with Gasteiger partial charge >= 0.3 is 0 Å². The molecule has 1 unspecified atom stereocenters. The molecule has 2 amide bonds. The lowest BCUT2D eigenvalue weighted by molar-refractivity contribution is -0.141. The van der Waals surface area contributed by atoms with Crippen molar-refractivity contribution in [1.82, 2.24) is 10.2 Å². The fourth-order valence-corrected chi connectivity index (χ4v) is 5.89. The number of benzene rings is 3. The van der Waals surface area contributed by atoms with Gasteiger partial charge in [-0.05, 0) is 63.1 Å². The number of nitrogens with zero attached hydrogens (tertiary/aromatic N) is 2. The number of ether oxygens (including phenoxy) is 1. The number of hydrogen-bond acceptors (Lipinski definition) is 5. The Bertz CT molecular complexity index is 1420. The largest absolute Gasteiger partial charge is 0.495 e. The molecule has 0 aromatic heterocycles.